The Morgan fingerprint density at radius 2 is 1.86 bits per heavy atom. The number of aromatic nitrogens is 1. The summed E-state index contributed by atoms with van der Waals surface area (Å²) in [5.74, 6) is 0.599. The average molecular weight is 478 g/mol. The summed E-state index contributed by atoms with van der Waals surface area (Å²) in [6.45, 7) is 5.10. The molecule has 35 heavy (non-hydrogen) atoms. The molecular weight excluding hydrogens is 446 g/mol. The lowest BCUT2D eigenvalue weighted by atomic mass is 10.0. The van der Waals surface area contributed by atoms with Crippen LogP contribution in [0.4, 0.5) is 0 Å². The Morgan fingerprint density at radius 1 is 1.06 bits per heavy atom. The molecule has 0 unspecified atom stereocenters. The fraction of sp³-hybridized carbons (Fsp3) is 0.321. The molecule has 0 saturated carbocycles. The number of aryl methyl sites for hydroxylation is 1. The molecule has 0 aliphatic rings. The van der Waals surface area contributed by atoms with E-state index in [0.717, 1.165) is 41.8 Å². The number of carboxylic acids is 1. The highest BCUT2D eigenvalue weighted by atomic mass is 16.5. The number of carbonyl (C=O) groups excluding carboxylic acids is 1. The lowest BCUT2D eigenvalue weighted by molar-refractivity contribution is -0.139. The van der Waals surface area contributed by atoms with Gasteiger partial charge in [-0.2, -0.15) is 0 Å². The van der Waals surface area contributed by atoms with Gasteiger partial charge in [0.15, 0.2) is 12.4 Å². The number of hydrogen-bond donors (Lipinski definition) is 1. The summed E-state index contributed by atoms with van der Waals surface area (Å²) in [7, 11) is 1.55. The van der Waals surface area contributed by atoms with Gasteiger partial charge in [0.2, 0.25) is 0 Å². The van der Waals surface area contributed by atoms with Crippen LogP contribution in [0.1, 0.15) is 60.8 Å². The van der Waals surface area contributed by atoms with Crippen molar-refractivity contribution in [1.29, 1.82) is 0 Å². The van der Waals surface area contributed by atoms with Gasteiger partial charge in [-0.1, -0.05) is 25.5 Å². The fourth-order valence-electron chi connectivity index (χ4n) is 3.75. The van der Waals surface area contributed by atoms with Crippen molar-refractivity contribution in [2.45, 2.75) is 46.1 Å². The lowest BCUT2D eigenvalue weighted by Crippen LogP contribution is -2.11. The minimum absolute atomic E-state index is 0.0576. The molecule has 0 amide bonds. The maximum Gasteiger partial charge on any atom is 0.341 e. The van der Waals surface area contributed by atoms with E-state index in [9.17, 15) is 9.59 Å². The van der Waals surface area contributed by atoms with Crippen molar-refractivity contribution >= 4 is 11.8 Å². The van der Waals surface area contributed by atoms with Gasteiger partial charge in [0.25, 0.3) is 0 Å². The molecule has 0 spiro atoms. The largest absolute Gasteiger partial charge is 0.496 e. The van der Waals surface area contributed by atoms with E-state index in [2.05, 4.69) is 6.92 Å². The molecule has 184 valence electrons. The monoisotopic (exact) mass is 477 g/mol. The number of rotatable bonds is 12. The highest BCUT2D eigenvalue weighted by molar-refractivity contribution is 5.97. The molecule has 0 radical (unpaired) electrons. The summed E-state index contributed by atoms with van der Waals surface area (Å²) in [4.78, 5) is 27.5. The predicted molar refractivity (Wildman–Crippen MR) is 133 cm³/mol. The summed E-state index contributed by atoms with van der Waals surface area (Å²) in [6, 6.07) is 16.6. The second-order valence-corrected chi connectivity index (χ2v) is 8.28. The van der Waals surface area contributed by atoms with Crippen LogP contribution in [0.5, 0.6) is 17.2 Å². The van der Waals surface area contributed by atoms with Crippen LogP contribution in [-0.2, 0) is 4.79 Å². The molecule has 2 aromatic carbocycles. The summed E-state index contributed by atoms with van der Waals surface area (Å²) in [6.07, 6.45) is 2.51. The van der Waals surface area contributed by atoms with Crippen LogP contribution in [0.2, 0.25) is 0 Å². The molecule has 1 heterocycles. The average Bonchev–Trinajstić information content (AvgIpc) is 2.85. The van der Waals surface area contributed by atoms with Gasteiger partial charge in [-0.25, -0.2) is 9.78 Å². The van der Waals surface area contributed by atoms with Crippen LogP contribution in [0.25, 0.3) is 11.3 Å². The van der Waals surface area contributed by atoms with Gasteiger partial charge in [0.05, 0.1) is 24.1 Å². The van der Waals surface area contributed by atoms with E-state index in [0.29, 0.717) is 22.8 Å². The van der Waals surface area contributed by atoms with Gasteiger partial charge in [-0.15, -0.1) is 0 Å². The Bertz CT molecular complexity index is 1190. The Labute approximate surface area is 205 Å². The van der Waals surface area contributed by atoms with Crippen molar-refractivity contribution in [3.05, 3.63) is 71.4 Å². The van der Waals surface area contributed by atoms with Gasteiger partial charge < -0.3 is 19.3 Å². The number of methoxy groups -OCH3 is 1. The van der Waals surface area contributed by atoms with Crippen LogP contribution < -0.4 is 14.2 Å². The van der Waals surface area contributed by atoms with Gasteiger partial charge in [-0.05, 0) is 74.7 Å². The van der Waals surface area contributed by atoms with Crippen LogP contribution in [0.3, 0.4) is 0 Å². The predicted octanol–water partition coefficient (Wildman–Crippen LogP) is 6.04. The van der Waals surface area contributed by atoms with Crippen LogP contribution in [-0.4, -0.2) is 35.6 Å². The zero-order valence-corrected chi connectivity index (χ0v) is 20.5. The number of nitrogens with zero attached hydrogens (tertiary/aromatic N) is 1. The van der Waals surface area contributed by atoms with E-state index in [1.807, 2.05) is 43.3 Å². The molecule has 1 atom stereocenters. The molecule has 0 aliphatic heterocycles. The van der Waals surface area contributed by atoms with Crippen molar-refractivity contribution in [3.63, 3.8) is 0 Å². The van der Waals surface area contributed by atoms with E-state index in [4.69, 9.17) is 24.3 Å². The second-order valence-electron chi connectivity index (χ2n) is 8.28. The smallest absolute Gasteiger partial charge is 0.341 e. The number of aliphatic carboxylic acids is 1. The SMILES string of the molecule is CCCC[C@H](Oc1ccc(OCC(=O)O)c(C)c1)c1cccc(-c2ccc(C(C)=O)c(OC)c2)n1. The standard InChI is InChI=1S/C28H31NO6/c1-5-6-10-26(35-21-12-14-25(18(2)15-21)34-17-28(31)32)24-9-7-8-23(29-24)20-11-13-22(19(3)30)27(16-20)33-4/h7-9,11-16,26H,5-6,10,17H2,1-4H3,(H,31,32)/t26-/m0/s1. The van der Waals surface area contributed by atoms with E-state index < -0.39 is 12.6 Å². The number of ether oxygens (including phenoxy) is 3. The minimum Gasteiger partial charge on any atom is -0.496 e. The van der Waals surface area contributed by atoms with Gasteiger partial charge >= 0.3 is 5.97 Å². The van der Waals surface area contributed by atoms with Crippen molar-refractivity contribution in [1.82, 2.24) is 4.98 Å². The van der Waals surface area contributed by atoms with E-state index in [-0.39, 0.29) is 11.9 Å². The summed E-state index contributed by atoms with van der Waals surface area (Å²) in [5, 5.41) is 8.84. The zero-order chi connectivity index (χ0) is 25.4. The van der Waals surface area contributed by atoms with Crippen LogP contribution in [0.15, 0.2) is 54.6 Å². The first-order chi connectivity index (χ1) is 16.8. The number of pyridine rings is 1. The van der Waals surface area contributed by atoms with Crippen molar-refractivity contribution < 1.29 is 28.9 Å². The number of hydrogen-bond acceptors (Lipinski definition) is 6. The number of benzene rings is 2. The number of Topliss-reactive ketones (excluding diaryl/α,β-unsaturated/α-hetero) is 1. The van der Waals surface area contributed by atoms with Gasteiger partial charge in [-0.3, -0.25) is 4.79 Å². The molecule has 1 N–H and O–H groups in total. The van der Waals surface area contributed by atoms with Crippen molar-refractivity contribution in [2.24, 2.45) is 0 Å². The van der Waals surface area contributed by atoms with Crippen molar-refractivity contribution in [3.8, 4) is 28.5 Å². The third-order valence-electron chi connectivity index (χ3n) is 5.57. The maximum absolute atomic E-state index is 11.9. The third-order valence-corrected chi connectivity index (χ3v) is 5.57. The van der Waals surface area contributed by atoms with E-state index in [1.165, 1.54) is 6.92 Å². The third kappa shape index (κ3) is 6.82. The van der Waals surface area contributed by atoms with Gasteiger partial charge in [0.1, 0.15) is 23.4 Å². The topological polar surface area (TPSA) is 95.0 Å². The van der Waals surface area contributed by atoms with E-state index in [1.54, 1.807) is 25.3 Å². The molecule has 0 saturated heterocycles. The first kappa shape index (κ1) is 25.7. The van der Waals surface area contributed by atoms with Crippen LogP contribution >= 0.6 is 0 Å². The molecule has 7 heteroatoms. The molecule has 3 aromatic rings. The first-order valence-corrected chi connectivity index (χ1v) is 11.6. The highest BCUT2D eigenvalue weighted by Gasteiger charge is 2.17. The summed E-state index contributed by atoms with van der Waals surface area (Å²) < 4.78 is 17.1. The Morgan fingerprint density at radius 3 is 2.51 bits per heavy atom. The maximum atomic E-state index is 11.9. The number of ketones is 1. The molecule has 0 aliphatic carbocycles. The minimum atomic E-state index is -1.02. The Hall–Kier alpha value is -3.87. The number of carboxylic acid groups (broad SMARTS) is 1. The molecule has 0 bridgehead atoms. The molecule has 0 fully saturated rings. The first-order valence-electron chi connectivity index (χ1n) is 11.6. The lowest BCUT2D eigenvalue weighted by Gasteiger charge is -2.20. The number of unbranched alkanes of at least 4 members (excludes halogenated alkanes) is 1. The zero-order valence-electron chi connectivity index (χ0n) is 20.5. The van der Waals surface area contributed by atoms with Crippen LogP contribution in [0, 0.1) is 6.92 Å². The van der Waals surface area contributed by atoms with E-state index >= 15 is 0 Å². The summed E-state index contributed by atoms with van der Waals surface area (Å²) in [5.41, 5.74) is 3.72. The Kier molecular flexibility index (Phi) is 8.84. The molecule has 7 nitrogen and oxygen atoms in total. The van der Waals surface area contributed by atoms with Gasteiger partial charge in [0, 0.05) is 5.56 Å². The normalized spacial score (nSPS) is 11.5. The molecule has 3 rings (SSSR count). The Balaban J connectivity index is 1.88. The molecule has 1 aromatic heterocycles. The molecular formula is C28H31NO6. The summed E-state index contributed by atoms with van der Waals surface area (Å²) >= 11 is 0. The second kappa shape index (κ2) is 12.0. The van der Waals surface area contributed by atoms with Crippen molar-refractivity contribution in [2.75, 3.05) is 13.7 Å². The highest BCUT2D eigenvalue weighted by Crippen LogP contribution is 2.32. The fourth-order valence-corrected chi connectivity index (χ4v) is 3.75. The number of carbonyl (C=O) groups is 2. The quantitative estimate of drug-likeness (QED) is 0.318.